The fourth-order valence-corrected chi connectivity index (χ4v) is 3.08. The average Bonchev–Trinajstić information content (AvgIpc) is 2.64. The van der Waals surface area contributed by atoms with Crippen molar-refractivity contribution >= 4 is 21.9 Å². The maximum absolute atomic E-state index is 12.3. The number of aromatic hydroxyl groups is 1. The van der Waals surface area contributed by atoms with Gasteiger partial charge in [-0.2, -0.15) is 13.5 Å². The van der Waals surface area contributed by atoms with E-state index in [9.17, 15) is 23.6 Å². The third-order valence-electron chi connectivity index (χ3n) is 3.47. The molecule has 2 aromatic carbocycles. The van der Waals surface area contributed by atoms with Gasteiger partial charge in [-0.15, -0.1) is 0 Å². The van der Waals surface area contributed by atoms with Crippen molar-refractivity contribution < 1.29 is 27.9 Å². The highest BCUT2D eigenvalue weighted by Crippen LogP contribution is 2.36. The van der Waals surface area contributed by atoms with E-state index in [0.29, 0.717) is 5.75 Å². The molecule has 11 heteroatoms. The molecule has 2 N–H and O–H groups in total. The van der Waals surface area contributed by atoms with Crippen LogP contribution in [0.15, 0.2) is 46.4 Å². The SMILES string of the molecule is CCOc1cc(/C=N/NS(=O)(=O)c2ccc(OC(C)C)cc2)cc([N+](=O)[O-])c1O. The van der Waals surface area contributed by atoms with Gasteiger partial charge in [0.1, 0.15) is 5.75 Å². The van der Waals surface area contributed by atoms with Gasteiger partial charge in [0, 0.05) is 11.6 Å². The molecule has 0 radical (unpaired) electrons. The topological polar surface area (TPSA) is 140 Å². The summed E-state index contributed by atoms with van der Waals surface area (Å²) in [5.41, 5.74) is -0.415. The molecule has 0 aliphatic carbocycles. The van der Waals surface area contributed by atoms with Crippen LogP contribution in [0.4, 0.5) is 5.69 Å². The van der Waals surface area contributed by atoms with Crippen LogP contribution in [0.1, 0.15) is 26.3 Å². The van der Waals surface area contributed by atoms with E-state index in [1.54, 1.807) is 6.92 Å². The molecule has 0 fully saturated rings. The molecule has 0 amide bonds. The summed E-state index contributed by atoms with van der Waals surface area (Å²) in [7, 11) is -3.95. The van der Waals surface area contributed by atoms with Crippen LogP contribution in [0.2, 0.25) is 0 Å². The molecule has 0 unspecified atom stereocenters. The van der Waals surface area contributed by atoms with Gasteiger partial charge in [0.05, 0.1) is 28.7 Å². The van der Waals surface area contributed by atoms with E-state index >= 15 is 0 Å². The summed E-state index contributed by atoms with van der Waals surface area (Å²) in [6, 6.07) is 8.14. The van der Waals surface area contributed by atoms with Gasteiger partial charge in [-0.05, 0) is 51.1 Å². The summed E-state index contributed by atoms with van der Waals surface area (Å²) in [5.74, 6) is -0.188. The van der Waals surface area contributed by atoms with E-state index in [1.807, 2.05) is 18.7 Å². The summed E-state index contributed by atoms with van der Waals surface area (Å²) >= 11 is 0. The van der Waals surface area contributed by atoms with Gasteiger partial charge in [0.15, 0.2) is 5.75 Å². The van der Waals surface area contributed by atoms with Gasteiger partial charge in [0.2, 0.25) is 5.75 Å². The molecule has 2 rings (SSSR count). The third-order valence-corrected chi connectivity index (χ3v) is 4.70. The van der Waals surface area contributed by atoms with Gasteiger partial charge < -0.3 is 14.6 Å². The Morgan fingerprint density at radius 3 is 2.48 bits per heavy atom. The van der Waals surface area contributed by atoms with Crippen molar-refractivity contribution in [2.24, 2.45) is 5.10 Å². The van der Waals surface area contributed by atoms with E-state index in [0.717, 1.165) is 12.3 Å². The Morgan fingerprint density at radius 1 is 1.28 bits per heavy atom. The van der Waals surface area contributed by atoms with Crippen molar-refractivity contribution in [3.8, 4) is 17.2 Å². The Bertz CT molecular complexity index is 1000. The van der Waals surface area contributed by atoms with Crippen molar-refractivity contribution in [2.75, 3.05) is 6.61 Å². The summed E-state index contributed by atoms with van der Waals surface area (Å²) in [4.78, 5) is 12.3. The largest absolute Gasteiger partial charge is 0.500 e. The molecular weight excluding hydrogens is 402 g/mol. The van der Waals surface area contributed by atoms with E-state index < -0.39 is 26.4 Å². The van der Waals surface area contributed by atoms with Crippen LogP contribution in [0.3, 0.4) is 0 Å². The fraction of sp³-hybridized carbons (Fsp3) is 0.278. The predicted molar refractivity (Wildman–Crippen MR) is 106 cm³/mol. The molecule has 0 aliphatic rings. The lowest BCUT2D eigenvalue weighted by Crippen LogP contribution is -2.18. The first kappa shape index (κ1) is 22.0. The zero-order chi connectivity index (χ0) is 21.6. The Balaban J connectivity index is 2.20. The van der Waals surface area contributed by atoms with Crippen LogP contribution in [0.5, 0.6) is 17.2 Å². The Kier molecular flexibility index (Phi) is 6.99. The minimum atomic E-state index is -3.95. The van der Waals surface area contributed by atoms with Crippen LogP contribution >= 0.6 is 0 Å². The molecule has 29 heavy (non-hydrogen) atoms. The van der Waals surface area contributed by atoms with Gasteiger partial charge in [0.25, 0.3) is 10.0 Å². The van der Waals surface area contributed by atoms with E-state index in [1.165, 1.54) is 30.3 Å². The number of phenolic OH excluding ortho intramolecular Hbond substituents is 1. The van der Waals surface area contributed by atoms with E-state index in [-0.39, 0.29) is 28.9 Å². The number of nitrogens with zero attached hydrogens (tertiary/aromatic N) is 2. The lowest BCUT2D eigenvalue weighted by molar-refractivity contribution is -0.386. The zero-order valence-electron chi connectivity index (χ0n) is 16.0. The minimum absolute atomic E-state index is 0.0301. The van der Waals surface area contributed by atoms with Gasteiger partial charge in [-0.3, -0.25) is 10.1 Å². The predicted octanol–water partition coefficient (Wildman–Crippen LogP) is 2.80. The van der Waals surface area contributed by atoms with Gasteiger partial charge >= 0.3 is 5.69 Å². The van der Waals surface area contributed by atoms with Crippen molar-refractivity contribution in [1.82, 2.24) is 4.83 Å². The molecule has 0 saturated carbocycles. The Hall–Kier alpha value is -3.34. The number of nitro groups is 1. The highest BCUT2D eigenvalue weighted by atomic mass is 32.2. The van der Waals surface area contributed by atoms with Gasteiger partial charge in [-0.1, -0.05) is 0 Å². The normalized spacial score (nSPS) is 11.6. The number of ether oxygens (including phenoxy) is 2. The first-order valence-corrected chi connectivity index (χ1v) is 10.1. The van der Waals surface area contributed by atoms with E-state index in [4.69, 9.17) is 9.47 Å². The van der Waals surface area contributed by atoms with Crippen LogP contribution in [-0.2, 0) is 10.0 Å². The molecular formula is C18H21N3O7S. The molecule has 0 saturated heterocycles. The standard InChI is InChI=1S/C18H21N3O7S/c1-4-27-17-10-13(9-16(18(17)22)21(23)24)11-19-20-29(25,26)15-7-5-14(6-8-15)28-12(2)3/h5-12,20,22H,4H2,1-3H3/b19-11+. The number of nitro benzene ring substituents is 1. The second kappa shape index (κ2) is 9.24. The second-order valence-electron chi connectivity index (χ2n) is 6.07. The molecule has 156 valence electrons. The number of nitrogens with one attached hydrogen (secondary N) is 1. The van der Waals surface area contributed by atoms with Gasteiger partial charge in [-0.25, -0.2) is 4.83 Å². The van der Waals surface area contributed by atoms with Crippen LogP contribution in [0.25, 0.3) is 0 Å². The number of phenols is 1. The monoisotopic (exact) mass is 423 g/mol. The summed E-state index contributed by atoms with van der Waals surface area (Å²) in [5, 5.41) is 24.6. The third kappa shape index (κ3) is 5.82. The van der Waals surface area contributed by atoms with Crippen molar-refractivity contribution in [3.05, 3.63) is 52.1 Å². The molecule has 0 bridgehead atoms. The maximum atomic E-state index is 12.3. The van der Waals surface area contributed by atoms with Crippen molar-refractivity contribution in [2.45, 2.75) is 31.8 Å². The Labute approximate surface area is 168 Å². The summed E-state index contributed by atoms with van der Waals surface area (Å²) in [6.45, 7) is 5.53. The molecule has 10 nitrogen and oxygen atoms in total. The van der Waals surface area contributed by atoms with Crippen molar-refractivity contribution in [3.63, 3.8) is 0 Å². The van der Waals surface area contributed by atoms with Crippen molar-refractivity contribution in [1.29, 1.82) is 0 Å². The highest BCUT2D eigenvalue weighted by Gasteiger charge is 2.20. The van der Waals surface area contributed by atoms with Crippen LogP contribution in [0, 0.1) is 10.1 Å². The van der Waals surface area contributed by atoms with E-state index in [2.05, 4.69) is 5.10 Å². The number of hydrazone groups is 1. The lowest BCUT2D eigenvalue weighted by atomic mass is 10.2. The quantitative estimate of drug-likeness (QED) is 0.359. The number of hydrogen-bond donors (Lipinski definition) is 2. The number of benzene rings is 2. The van der Waals surface area contributed by atoms with Crippen LogP contribution < -0.4 is 14.3 Å². The maximum Gasteiger partial charge on any atom is 0.315 e. The summed E-state index contributed by atoms with van der Waals surface area (Å²) in [6.07, 6.45) is 1.03. The molecule has 0 heterocycles. The smallest absolute Gasteiger partial charge is 0.315 e. The molecule has 0 atom stereocenters. The van der Waals surface area contributed by atoms with Crippen LogP contribution in [-0.4, -0.2) is 37.4 Å². The zero-order valence-corrected chi connectivity index (χ0v) is 16.8. The number of hydrogen-bond acceptors (Lipinski definition) is 8. The first-order valence-electron chi connectivity index (χ1n) is 8.59. The fourth-order valence-electron chi connectivity index (χ4n) is 2.29. The molecule has 0 spiro atoms. The molecule has 2 aromatic rings. The number of rotatable bonds is 9. The molecule has 0 aromatic heterocycles. The highest BCUT2D eigenvalue weighted by molar-refractivity contribution is 7.89. The summed E-state index contributed by atoms with van der Waals surface area (Å²) < 4.78 is 35.2. The second-order valence-corrected chi connectivity index (χ2v) is 7.73. The lowest BCUT2D eigenvalue weighted by Gasteiger charge is -2.10. The Morgan fingerprint density at radius 2 is 1.93 bits per heavy atom. The average molecular weight is 423 g/mol. The number of sulfonamides is 1. The first-order chi connectivity index (χ1) is 13.6. The minimum Gasteiger partial charge on any atom is -0.500 e. The molecule has 0 aliphatic heterocycles.